The molecule has 3 atom stereocenters. The number of aromatic nitrogens is 9. The molecule has 0 spiro atoms. The molecule has 27 nitrogen and oxygen atoms in total. The molecule has 0 saturated carbocycles. The number of hydrogen-bond acceptors (Lipinski definition) is 21. The van der Waals surface area contributed by atoms with E-state index in [0.717, 1.165) is 0 Å². The van der Waals surface area contributed by atoms with Crippen molar-refractivity contribution in [1.82, 2.24) is 58.3 Å². The first-order valence-corrected chi connectivity index (χ1v) is 45.6. The van der Waals surface area contributed by atoms with Crippen LogP contribution in [0.15, 0.2) is 107 Å². The number of piperazine rings is 3. The zero-order valence-electron chi connectivity index (χ0n) is 75.8. The SMILES string of the molecule is C=CC(=O)N1CCN(c2c(C#N)c(=O)n(-c3c(C)ccnc3C(C)C)c3nc(-c4c(N)c(F)c(Cl)c(F)c4Cl)c(Cl)cc23)C[C@H]1C.C=CC(=O)N1CCN(c2c(C#N)c(=O)n(-c3c(C)ccnc3C(C)C)c3nc(-c4c(N)c(F)c(Cl)c(F)c4Cl)c(Cl)cc23)C[C@H]1C.C=CC(=O)N1CCN(c2c(C#N)c(=O)n(-c3c(C)ccnc3C(C)C)c3nc(-c4c(N)c(F)c(Cl)c(F)c4F)c(Cl)cc23)C[C@H]1C. The van der Waals surface area contributed by atoms with Crippen molar-refractivity contribution in [2.24, 2.45) is 0 Å². The lowest BCUT2D eigenvalue weighted by atomic mass is 10.0. The van der Waals surface area contributed by atoms with E-state index < -0.39 is 111 Å². The van der Waals surface area contributed by atoms with E-state index in [1.165, 1.54) is 50.1 Å². The van der Waals surface area contributed by atoms with Gasteiger partial charge >= 0.3 is 0 Å². The number of nitriles is 3. The highest BCUT2D eigenvalue weighted by atomic mass is 35.5. The number of hydrogen-bond donors (Lipinski definition) is 3. The summed E-state index contributed by atoms with van der Waals surface area (Å²) in [5.41, 5.74) is 16.0. The molecule has 12 aromatic rings. The van der Waals surface area contributed by atoms with Gasteiger partial charge in [0.25, 0.3) is 16.7 Å². The molecule has 3 saturated heterocycles. The third-order valence-electron chi connectivity index (χ3n) is 24.2. The second-order valence-electron chi connectivity index (χ2n) is 33.8. The summed E-state index contributed by atoms with van der Waals surface area (Å²) in [7, 11) is 0. The Balaban J connectivity index is 0.000000175. The van der Waals surface area contributed by atoms with Crippen LogP contribution in [-0.2, 0) is 14.4 Å². The quantitative estimate of drug-likeness (QED) is 0.0282. The third kappa shape index (κ3) is 17.9. The predicted octanol–water partition coefficient (Wildman–Crippen LogP) is 19.9. The number of nitrogens with zero attached hydrogens (tertiary/aromatic N) is 18. The Morgan fingerprint density at radius 1 is 0.399 bits per heavy atom. The second kappa shape index (κ2) is 40.5. The highest BCUT2D eigenvalue weighted by Crippen LogP contribution is 2.50. The van der Waals surface area contributed by atoms with Gasteiger partial charge in [-0.15, -0.1) is 0 Å². The van der Waals surface area contributed by atoms with Crippen LogP contribution in [0.4, 0.5) is 64.9 Å². The molecule has 714 valence electrons. The number of fused-ring (bicyclic) bond motifs is 3. The number of aryl methyl sites for hydroxylation is 3. The number of benzene rings is 3. The minimum absolute atomic E-state index is 0.0138. The standard InChI is InChI=1S/2C32H28Cl3F2N7O2.C32H28Cl2F3N7O2/c2*1-6-20(45)43-10-9-42(13-16(43)5)30-17-11-19(33)28(21-22(34)24(36)23(35)25(37)26(21)39)41-31(17)44(32(46)18(30)12-38)29-15(4)7-8-40-27(29)14(2)3;1-6-20(45)43-10-9-42(13-16(43)5)30-17-11-19(33)28(21-23(35)24(36)22(34)25(37)26(21)39)41-31(17)44(32(46)18(30)12-38)29-15(4)7-8-40-27(29)14(2)3/h3*6-8,11,14,16H,1,9-10,13,39H2,2-5H3/t3*16-/m111/s1. The minimum Gasteiger partial charge on any atom is -0.396 e. The monoisotopic (exact) mass is 2040 g/mol. The lowest BCUT2D eigenvalue weighted by molar-refractivity contribution is -0.129. The van der Waals surface area contributed by atoms with Gasteiger partial charge in [-0.2, -0.15) is 15.8 Å². The van der Waals surface area contributed by atoms with Crippen LogP contribution in [0.1, 0.15) is 131 Å². The van der Waals surface area contributed by atoms with Gasteiger partial charge in [0.05, 0.1) is 116 Å². The molecule has 9 aromatic heterocycles. The molecule has 0 aliphatic carbocycles. The van der Waals surface area contributed by atoms with Crippen molar-refractivity contribution in [3.8, 4) is 69.0 Å². The van der Waals surface area contributed by atoms with Crippen LogP contribution in [0.5, 0.6) is 0 Å². The molecule has 3 fully saturated rings. The van der Waals surface area contributed by atoms with Crippen LogP contribution in [0.3, 0.4) is 0 Å². The van der Waals surface area contributed by atoms with E-state index in [1.54, 1.807) is 77.2 Å². The largest absolute Gasteiger partial charge is 0.396 e. The molecule has 0 unspecified atom stereocenters. The van der Waals surface area contributed by atoms with Gasteiger partial charge in [-0.1, -0.05) is 154 Å². The van der Waals surface area contributed by atoms with E-state index in [9.17, 15) is 70.9 Å². The van der Waals surface area contributed by atoms with E-state index in [2.05, 4.69) is 51.8 Å². The van der Waals surface area contributed by atoms with E-state index in [-0.39, 0.29) is 206 Å². The zero-order chi connectivity index (χ0) is 101. The summed E-state index contributed by atoms with van der Waals surface area (Å²) in [6.45, 7) is 35.2. The smallest absolute Gasteiger partial charge is 0.276 e. The van der Waals surface area contributed by atoms with Crippen molar-refractivity contribution in [2.45, 2.75) is 119 Å². The molecular formula is C96H84Cl8F7N21O6. The summed E-state index contributed by atoms with van der Waals surface area (Å²) in [5.74, 6) is -11.0. The molecule has 15 rings (SSSR count). The Morgan fingerprint density at radius 2 is 0.652 bits per heavy atom. The average Bonchev–Trinajstić information content (AvgIpc) is 0.726. The highest BCUT2D eigenvalue weighted by molar-refractivity contribution is 6.41. The lowest BCUT2D eigenvalue weighted by Gasteiger charge is -2.41. The Kier molecular flexibility index (Phi) is 30.1. The fraction of sp³-hybridized carbons (Fsp3) is 0.281. The highest BCUT2D eigenvalue weighted by Gasteiger charge is 2.40. The molecule has 3 aliphatic heterocycles. The molecular weight excluding hydrogens is 1960 g/mol. The zero-order valence-corrected chi connectivity index (χ0v) is 81.8. The van der Waals surface area contributed by atoms with Gasteiger partial charge < -0.3 is 46.6 Å². The van der Waals surface area contributed by atoms with E-state index in [4.69, 9.17) is 120 Å². The number of halogens is 15. The maximum atomic E-state index is 15.4. The average molecular weight is 2040 g/mol. The van der Waals surface area contributed by atoms with Crippen LogP contribution in [0, 0.1) is 95.5 Å². The molecule has 0 radical (unpaired) electrons. The number of rotatable bonds is 15. The van der Waals surface area contributed by atoms with Crippen molar-refractivity contribution >= 4 is 178 Å². The van der Waals surface area contributed by atoms with E-state index >= 15 is 4.39 Å². The van der Waals surface area contributed by atoms with Gasteiger partial charge in [-0.05, 0) is 131 Å². The van der Waals surface area contributed by atoms with Crippen LogP contribution >= 0.6 is 92.8 Å². The van der Waals surface area contributed by atoms with Crippen LogP contribution in [0.25, 0.3) is 83.9 Å². The number of carbonyl (C=O) groups excluding carboxylic acids is 3. The molecule has 138 heavy (non-hydrogen) atoms. The molecule has 6 N–H and O–H groups in total. The number of amides is 3. The second-order valence-corrected chi connectivity index (χ2v) is 36.9. The van der Waals surface area contributed by atoms with Crippen molar-refractivity contribution in [3.05, 3.63) is 255 Å². The summed E-state index contributed by atoms with van der Waals surface area (Å²) in [4.78, 5) is 119. The minimum atomic E-state index is -1.69. The summed E-state index contributed by atoms with van der Waals surface area (Å²) < 4.78 is 108. The van der Waals surface area contributed by atoms with Gasteiger partial charge in [-0.3, -0.25) is 57.4 Å². The van der Waals surface area contributed by atoms with Crippen molar-refractivity contribution in [3.63, 3.8) is 0 Å². The van der Waals surface area contributed by atoms with E-state index in [1.807, 2.05) is 78.2 Å². The van der Waals surface area contributed by atoms with Gasteiger partial charge in [0.2, 0.25) is 17.7 Å². The first kappa shape index (κ1) is 102. The van der Waals surface area contributed by atoms with Crippen LogP contribution in [0.2, 0.25) is 40.2 Å². The topological polar surface area (TPSA) is 363 Å². The van der Waals surface area contributed by atoms with Gasteiger partial charge in [-0.25, -0.2) is 45.7 Å². The summed E-state index contributed by atoms with van der Waals surface area (Å²) >= 11 is 50.0. The maximum Gasteiger partial charge on any atom is 0.276 e. The van der Waals surface area contributed by atoms with Crippen molar-refractivity contribution < 1.29 is 45.1 Å². The van der Waals surface area contributed by atoms with Crippen molar-refractivity contribution in [2.75, 3.05) is 90.8 Å². The predicted molar refractivity (Wildman–Crippen MR) is 526 cm³/mol. The van der Waals surface area contributed by atoms with Crippen molar-refractivity contribution in [1.29, 1.82) is 15.8 Å². The number of carbonyl (C=O) groups is 3. The Bertz CT molecular complexity index is 6790. The Labute approximate surface area is 825 Å². The fourth-order valence-electron chi connectivity index (χ4n) is 17.6. The number of nitrogens with two attached hydrogens (primary N) is 3. The number of pyridine rings is 9. The molecule has 3 aliphatic rings. The number of anilines is 6. The first-order valence-electron chi connectivity index (χ1n) is 42.6. The first-order chi connectivity index (χ1) is 65.2. The summed E-state index contributed by atoms with van der Waals surface area (Å²) in [5, 5.41) is 27.5. The molecule has 12 heterocycles. The summed E-state index contributed by atoms with van der Waals surface area (Å²) in [6.07, 6.45) is 8.48. The Hall–Kier alpha value is -13.1. The van der Waals surface area contributed by atoms with Gasteiger partial charge in [0.15, 0.2) is 40.7 Å². The normalized spacial score (nSPS) is 15.0. The maximum absolute atomic E-state index is 15.4. The summed E-state index contributed by atoms with van der Waals surface area (Å²) in [6, 6.07) is 14.6. The number of nitrogen functional groups attached to an aromatic ring is 3. The van der Waals surface area contributed by atoms with Crippen LogP contribution < -0.4 is 48.6 Å². The van der Waals surface area contributed by atoms with Gasteiger partial charge in [0, 0.05) is 123 Å². The van der Waals surface area contributed by atoms with E-state index in [0.29, 0.717) is 61.6 Å². The molecule has 42 heteroatoms. The third-order valence-corrected chi connectivity index (χ3v) is 26.7. The lowest BCUT2D eigenvalue weighted by Crippen LogP contribution is -2.54. The Morgan fingerprint density at radius 3 is 0.899 bits per heavy atom. The van der Waals surface area contributed by atoms with Crippen LogP contribution in [-0.4, -0.2) is 153 Å². The fourth-order valence-corrected chi connectivity index (χ4v) is 19.5. The molecule has 3 amide bonds. The molecule has 3 aromatic carbocycles. The van der Waals surface area contributed by atoms with Gasteiger partial charge in [0.1, 0.15) is 66.9 Å². The molecule has 0 bridgehead atoms.